The Bertz CT molecular complexity index is 703. The third kappa shape index (κ3) is 4.07. The molecule has 2 aromatic carbocycles. The molecule has 0 spiro atoms. The van der Waals surface area contributed by atoms with E-state index in [2.05, 4.69) is 5.32 Å². The number of carbonyl (C=O) groups is 1. The van der Waals surface area contributed by atoms with Gasteiger partial charge < -0.3 is 19.5 Å². The summed E-state index contributed by atoms with van der Waals surface area (Å²) < 4.78 is 15.7. The van der Waals surface area contributed by atoms with Gasteiger partial charge in [0.25, 0.3) is 0 Å². The van der Waals surface area contributed by atoms with Crippen LogP contribution in [0.1, 0.15) is 5.56 Å². The molecule has 0 saturated carbocycles. The Morgan fingerprint density at radius 3 is 2.52 bits per heavy atom. The highest BCUT2D eigenvalue weighted by atomic mass is 35.5. The van der Waals surface area contributed by atoms with Gasteiger partial charge in [-0.15, -0.1) is 0 Å². The summed E-state index contributed by atoms with van der Waals surface area (Å²) in [6, 6.07) is 10.5. The van der Waals surface area contributed by atoms with Crippen molar-refractivity contribution in [2.75, 3.05) is 26.6 Å². The summed E-state index contributed by atoms with van der Waals surface area (Å²) >= 11 is 6.05. The molecule has 0 aliphatic carbocycles. The maximum absolute atomic E-state index is 12.3. The van der Waals surface area contributed by atoms with Gasteiger partial charge in [0.05, 0.1) is 38.5 Å². The van der Waals surface area contributed by atoms with E-state index < -0.39 is 0 Å². The number of methoxy groups -OCH3 is 3. The molecule has 5 nitrogen and oxygen atoms in total. The highest BCUT2D eigenvalue weighted by Gasteiger charge is 2.13. The summed E-state index contributed by atoms with van der Waals surface area (Å²) in [7, 11) is 4.63. The smallest absolute Gasteiger partial charge is 0.229 e. The van der Waals surface area contributed by atoms with Crippen molar-refractivity contribution in [3.05, 3.63) is 47.0 Å². The molecule has 122 valence electrons. The molecule has 0 unspecified atom stereocenters. The van der Waals surface area contributed by atoms with Gasteiger partial charge in [0.2, 0.25) is 5.91 Å². The Labute approximate surface area is 140 Å². The zero-order chi connectivity index (χ0) is 16.8. The van der Waals surface area contributed by atoms with Crippen molar-refractivity contribution in [3.8, 4) is 17.2 Å². The molecule has 0 heterocycles. The van der Waals surface area contributed by atoms with Crippen LogP contribution in [-0.2, 0) is 11.2 Å². The average Bonchev–Trinajstić information content (AvgIpc) is 2.55. The number of carbonyl (C=O) groups excluding carboxylic acids is 1. The first-order valence-corrected chi connectivity index (χ1v) is 7.30. The fourth-order valence-electron chi connectivity index (χ4n) is 2.20. The first-order valence-electron chi connectivity index (χ1n) is 6.92. The standard InChI is InChI=1S/C17H18ClNO4/c1-21-12-7-8-15(22-2)11(9-12)10-16(20)19-14-6-4-5-13(18)17(14)23-3/h4-9H,10H2,1-3H3,(H,19,20). The zero-order valence-corrected chi connectivity index (χ0v) is 13.9. The second kappa shape index (κ2) is 7.74. The van der Waals surface area contributed by atoms with Crippen LogP contribution in [0.15, 0.2) is 36.4 Å². The van der Waals surface area contributed by atoms with E-state index in [1.165, 1.54) is 7.11 Å². The molecule has 0 fully saturated rings. The van der Waals surface area contributed by atoms with E-state index in [4.69, 9.17) is 25.8 Å². The van der Waals surface area contributed by atoms with Crippen LogP contribution in [-0.4, -0.2) is 27.2 Å². The van der Waals surface area contributed by atoms with Crippen molar-refractivity contribution in [2.45, 2.75) is 6.42 Å². The lowest BCUT2D eigenvalue weighted by Gasteiger charge is -2.13. The van der Waals surface area contributed by atoms with Crippen LogP contribution in [0, 0.1) is 0 Å². The second-order valence-electron chi connectivity index (χ2n) is 4.72. The molecule has 1 amide bonds. The summed E-state index contributed by atoms with van der Waals surface area (Å²) in [5.41, 5.74) is 1.25. The second-order valence-corrected chi connectivity index (χ2v) is 5.13. The number of ether oxygens (including phenoxy) is 3. The summed E-state index contributed by atoms with van der Waals surface area (Å²) in [6.45, 7) is 0. The number of rotatable bonds is 6. The molecule has 0 atom stereocenters. The molecule has 1 N–H and O–H groups in total. The van der Waals surface area contributed by atoms with Gasteiger partial charge in [0.1, 0.15) is 11.5 Å². The number of para-hydroxylation sites is 1. The van der Waals surface area contributed by atoms with Gasteiger partial charge in [-0.3, -0.25) is 4.79 Å². The maximum Gasteiger partial charge on any atom is 0.229 e. The summed E-state index contributed by atoms with van der Waals surface area (Å²) in [5.74, 6) is 1.50. The molecule has 6 heteroatoms. The molecule has 0 aliphatic heterocycles. The van der Waals surface area contributed by atoms with Crippen LogP contribution in [0.5, 0.6) is 17.2 Å². The largest absolute Gasteiger partial charge is 0.497 e. The molecule has 2 aromatic rings. The fraction of sp³-hybridized carbons (Fsp3) is 0.235. The number of anilines is 1. The molecular formula is C17H18ClNO4. The Kier molecular flexibility index (Phi) is 5.71. The number of hydrogen-bond acceptors (Lipinski definition) is 4. The minimum atomic E-state index is -0.211. The van der Waals surface area contributed by atoms with Gasteiger partial charge in [-0.1, -0.05) is 17.7 Å². The third-order valence-electron chi connectivity index (χ3n) is 3.28. The van der Waals surface area contributed by atoms with Crippen LogP contribution in [0.3, 0.4) is 0 Å². The van der Waals surface area contributed by atoms with Gasteiger partial charge in [-0.25, -0.2) is 0 Å². The van der Waals surface area contributed by atoms with Crippen molar-refractivity contribution < 1.29 is 19.0 Å². The minimum Gasteiger partial charge on any atom is -0.497 e. The lowest BCUT2D eigenvalue weighted by molar-refractivity contribution is -0.115. The lowest BCUT2D eigenvalue weighted by atomic mass is 10.1. The molecule has 2 rings (SSSR count). The minimum absolute atomic E-state index is 0.135. The number of halogens is 1. The van der Waals surface area contributed by atoms with E-state index in [0.29, 0.717) is 28.0 Å². The van der Waals surface area contributed by atoms with E-state index >= 15 is 0 Å². The molecular weight excluding hydrogens is 318 g/mol. The normalized spacial score (nSPS) is 10.1. The number of benzene rings is 2. The van der Waals surface area contributed by atoms with Gasteiger partial charge in [-0.2, -0.15) is 0 Å². The summed E-state index contributed by atoms with van der Waals surface area (Å²) in [6.07, 6.45) is 0.135. The Morgan fingerprint density at radius 1 is 1.09 bits per heavy atom. The SMILES string of the molecule is COc1ccc(OC)c(CC(=O)Nc2cccc(Cl)c2OC)c1. The van der Waals surface area contributed by atoms with Crippen molar-refractivity contribution >= 4 is 23.2 Å². The number of hydrogen-bond donors (Lipinski definition) is 1. The van der Waals surface area contributed by atoms with E-state index in [1.807, 2.05) is 0 Å². The van der Waals surface area contributed by atoms with Crippen molar-refractivity contribution in [1.82, 2.24) is 0 Å². The third-order valence-corrected chi connectivity index (χ3v) is 3.58. The number of amides is 1. The van der Waals surface area contributed by atoms with Crippen LogP contribution < -0.4 is 19.5 Å². The number of nitrogens with one attached hydrogen (secondary N) is 1. The highest BCUT2D eigenvalue weighted by molar-refractivity contribution is 6.32. The van der Waals surface area contributed by atoms with Crippen LogP contribution >= 0.6 is 11.6 Å². The molecule has 0 aromatic heterocycles. The monoisotopic (exact) mass is 335 g/mol. The predicted molar refractivity (Wildman–Crippen MR) is 89.9 cm³/mol. The molecule has 0 saturated heterocycles. The Balaban J connectivity index is 2.19. The van der Waals surface area contributed by atoms with Gasteiger partial charge in [0, 0.05) is 5.56 Å². The van der Waals surface area contributed by atoms with E-state index in [9.17, 15) is 4.79 Å². The average molecular weight is 336 g/mol. The van der Waals surface area contributed by atoms with Crippen molar-refractivity contribution in [3.63, 3.8) is 0 Å². The van der Waals surface area contributed by atoms with E-state index in [-0.39, 0.29) is 12.3 Å². The molecule has 0 radical (unpaired) electrons. The fourth-order valence-corrected chi connectivity index (χ4v) is 2.45. The summed E-state index contributed by atoms with van der Waals surface area (Å²) in [4.78, 5) is 12.3. The first-order chi connectivity index (χ1) is 11.1. The van der Waals surface area contributed by atoms with Crippen LogP contribution in [0.25, 0.3) is 0 Å². The van der Waals surface area contributed by atoms with Crippen molar-refractivity contribution in [1.29, 1.82) is 0 Å². The van der Waals surface area contributed by atoms with Crippen molar-refractivity contribution in [2.24, 2.45) is 0 Å². The highest BCUT2D eigenvalue weighted by Crippen LogP contribution is 2.32. The summed E-state index contributed by atoms with van der Waals surface area (Å²) in [5, 5.41) is 3.23. The lowest BCUT2D eigenvalue weighted by Crippen LogP contribution is -2.15. The topological polar surface area (TPSA) is 56.8 Å². The van der Waals surface area contributed by atoms with Crippen LogP contribution in [0.2, 0.25) is 5.02 Å². The first kappa shape index (κ1) is 17.0. The molecule has 0 bridgehead atoms. The van der Waals surface area contributed by atoms with Gasteiger partial charge in [0.15, 0.2) is 5.75 Å². The Morgan fingerprint density at radius 2 is 1.87 bits per heavy atom. The Hall–Kier alpha value is -2.40. The molecule has 0 aliphatic rings. The maximum atomic E-state index is 12.3. The predicted octanol–water partition coefficient (Wildman–Crippen LogP) is 3.55. The van der Waals surface area contributed by atoms with Gasteiger partial charge >= 0.3 is 0 Å². The molecule has 23 heavy (non-hydrogen) atoms. The van der Waals surface area contributed by atoms with Crippen LogP contribution in [0.4, 0.5) is 5.69 Å². The van der Waals surface area contributed by atoms with E-state index in [1.54, 1.807) is 50.6 Å². The van der Waals surface area contributed by atoms with Gasteiger partial charge in [-0.05, 0) is 30.3 Å². The zero-order valence-electron chi connectivity index (χ0n) is 13.2. The van der Waals surface area contributed by atoms with E-state index in [0.717, 1.165) is 5.56 Å². The quantitative estimate of drug-likeness (QED) is 0.877.